The first kappa shape index (κ1) is 12.9. The molecule has 21 heavy (non-hydrogen) atoms. The van der Waals surface area contributed by atoms with Crippen molar-refractivity contribution in [2.24, 2.45) is 0 Å². The van der Waals surface area contributed by atoms with Crippen molar-refractivity contribution >= 4 is 17.3 Å². The van der Waals surface area contributed by atoms with Gasteiger partial charge in [-0.15, -0.1) is 0 Å². The number of amides is 1. The predicted molar refractivity (Wildman–Crippen MR) is 80.6 cm³/mol. The van der Waals surface area contributed by atoms with Gasteiger partial charge in [-0.2, -0.15) is 0 Å². The van der Waals surface area contributed by atoms with Crippen LogP contribution in [0.1, 0.15) is 10.5 Å². The van der Waals surface area contributed by atoms with E-state index in [4.69, 9.17) is 5.73 Å². The van der Waals surface area contributed by atoms with Crippen LogP contribution in [0.5, 0.6) is 0 Å². The van der Waals surface area contributed by atoms with Gasteiger partial charge in [0.1, 0.15) is 5.69 Å². The van der Waals surface area contributed by atoms with Crippen molar-refractivity contribution in [3.63, 3.8) is 0 Å². The largest absolute Gasteiger partial charge is 0.397 e. The van der Waals surface area contributed by atoms with Crippen LogP contribution < -0.4 is 11.1 Å². The van der Waals surface area contributed by atoms with Gasteiger partial charge in [0.2, 0.25) is 0 Å². The summed E-state index contributed by atoms with van der Waals surface area (Å²) in [7, 11) is 0. The van der Waals surface area contributed by atoms with Crippen LogP contribution in [0.15, 0.2) is 55.1 Å². The van der Waals surface area contributed by atoms with Crippen molar-refractivity contribution in [1.29, 1.82) is 0 Å². The van der Waals surface area contributed by atoms with Crippen LogP contribution in [-0.2, 0) is 0 Å². The summed E-state index contributed by atoms with van der Waals surface area (Å²) in [6.07, 6.45) is 4.82. The summed E-state index contributed by atoms with van der Waals surface area (Å²) >= 11 is 0. The molecule has 0 radical (unpaired) electrons. The number of nitrogens with one attached hydrogen (secondary N) is 2. The number of hydrogen-bond acceptors (Lipinski definition) is 4. The van der Waals surface area contributed by atoms with Crippen molar-refractivity contribution in [3.8, 4) is 11.3 Å². The second kappa shape index (κ2) is 5.46. The van der Waals surface area contributed by atoms with Crippen LogP contribution in [0.25, 0.3) is 11.3 Å². The van der Waals surface area contributed by atoms with Crippen molar-refractivity contribution in [2.45, 2.75) is 0 Å². The molecule has 1 aromatic carbocycles. The smallest absolute Gasteiger partial charge is 0.274 e. The minimum absolute atomic E-state index is 0.274. The summed E-state index contributed by atoms with van der Waals surface area (Å²) in [5.74, 6) is -0.274. The molecule has 0 unspecified atom stereocenters. The maximum Gasteiger partial charge on any atom is 0.274 e. The summed E-state index contributed by atoms with van der Waals surface area (Å²) in [5, 5.41) is 2.78. The summed E-state index contributed by atoms with van der Waals surface area (Å²) in [5.41, 5.74) is 9.00. The number of nitrogens with zero attached hydrogens (tertiary/aromatic N) is 2. The number of pyridine rings is 1. The number of H-pyrrole nitrogens is 1. The number of imidazole rings is 1. The van der Waals surface area contributed by atoms with Crippen LogP contribution in [0.2, 0.25) is 0 Å². The topological polar surface area (TPSA) is 96.7 Å². The Hall–Kier alpha value is -3.15. The third-order valence-electron chi connectivity index (χ3n) is 2.97. The first-order valence-electron chi connectivity index (χ1n) is 6.34. The molecule has 0 fully saturated rings. The summed E-state index contributed by atoms with van der Waals surface area (Å²) in [4.78, 5) is 23.0. The lowest BCUT2D eigenvalue weighted by Gasteiger charge is -2.05. The molecule has 1 amide bonds. The van der Waals surface area contributed by atoms with Crippen molar-refractivity contribution in [1.82, 2.24) is 15.0 Å². The van der Waals surface area contributed by atoms with Crippen LogP contribution in [0, 0.1) is 0 Å². The van der Waals surface area contributed by atoms with Crippen LogP contribution in [0.3, 0.4) is 0 Å². The number of aromatic nitrogens is 3. The lowest BCUT2D eigenvalue weighted by molar-refractivity contribution is 0.102. The van der Waals surface area contributed by atoms with Gasteiger partial charge in [-0.1, -0.05) is 12.1 Å². The number of nitrogen functional groups attached to an aromatic ring is 1. The molecule has 0 aliphatic carbocycles. The number of hydrogen-bond donors (Lipinski definition) is 3. The van der Waals surface area contributed by atoms with Gasteiger partial charge < -0.3 is 16.0 Å². The predicted octanol–water partition coefficient (Wildman–Crippen LogP) is 2.31. The number of aromatic amines is 1. The van der Waals surface area contributed by atoms with E-state index in [1.165, 1.54) is 6.20 Å². The molecule has 3 rings (SSSR count). The van der Waals surface area contributed by atoms with Gasteiger partial charge in [-0.25, -0.2) is 9.97 Å². The lowest BCUT2D eigenvalue weighted by atomic mass is 10.1. The van der Waals surface area contributed by atoms with Gasteiger partial charge in [0, 0.05) is 5.69 Å². The van der Waals surface area contributed by atoms with E-state index in [0.29, 0.717) is 17.1 Å². The number of carbonyl (C=O) groups is 1. The van der Waals surface area contributed by atoms with E-state index in [9.17, 15) is 4.79 Å². The number of rotatable bonds is 3. The Balaban J connectivity index is 1.73. The van der Waals surface area contributed by atoms with E-state index >= 15 is 0 Å². The highest BCUT2D eigenvalue weighted by Crippen LogP contribution is 2.19. The Morgan fingerprint density at radius 1 is 1.10 bits per heavy atom. The number of anilines is 2. The van der Waals surface area contributed by atoms with E-state index < -0.39 is 0 Å². The van der Waals surface area contributed by atoms with Gasteiger partial charge in [0.05, 0.1) is 30.1 Å². The highest BCUT2D eigenvalue weighted by molar-refractivity contribution is 6.03. The van der Waals surface area contributed by atoms with Gasteiger partial charge in [-0.3, -0.25) is 4.79 Å². The second-order valence-electron chi connectivity index (χ2n) is 4.47. The van der Waals surface area contributed by atoms with Gasteiger partial charge in [-0.05, 0) is 29.8 Å². The van der Waals surface area contributed by atoms with Gasteiger partial charge in [0.25, 0.3) is 5.91 Å². The zero-order chi connectivity index (χ0) is 14.7. The molecule has 0 atom stereocenters. The molecule has 104 valence electrons. The van der Waals surface area contributed by atoms with Gasteiger partial charge in [0.15, 0.2) is 0 Å². The molecule has 0 saturated heterocycles. The zero-order valence-corrected chi connectivity index (χ0v) is 11.1. The zero-order valence-electron chi connectivity index (χ0n) is 11.1. The van der Waals surface area contributed by atoms with Gasteiger partial charge >= 0.3 is 0 Å². The SMILES string of the molecule is Nc1ccc(C(=O)Nc2ccc(-c3cnc[nH]3)cc2)nc1. The molecule has 0 aliphatic heterocycles. The third-order valence-corrected chi connectivity index (χ3v) is 2.97. The highest BCUT2D eigenvalue weighted by Gasteiger charge is 2.07. The van der Waals surface area contributed by atoms with Crippen LogP contribution in [-0.4, -0.2) is 20.9 Å². The normalized spacial score (nSPS) is 10.3. The molecule has 6 nitrogen and oxygen atoms in total. The quantitative estimate of drug-likeness (QED) is 0.685. The molecule has 0 saturated carbocycles. The molecule has 0 bridgehead atoms. The number of nitrogens with two attached hydrogens (primary N) is 1. The molecule has 0 spiro atoms. The highest BCUT2D eigenvalue weighted by atomic mass is 16.1. The van der Waals surface area contributed by atoms with E-state index in [1.807, 2.05) is 24.3 Å². The Bertz CT molecular complexity index is 733. The van der Waals surface area contributed by atoms with E-state index in [-0.39, 0.29) is 5.91 Å². The van der Waals surface area contributed by atoms with E-state index in [0.717, 1.165) is 11.3 Å². The average molecular weight is 279 g/mol. The Kier molecular flexibility index (Phi) is 3.34. The minimum Gasteiger partial charge on any atom is -0.397 e. The van der Waals surface area contributed by atoms with Crippen molar-refractivity contribution in [3.05, 3.63) is 60.8 Å². The molecule has 2 aromatic heterocycles. The third kappa shape index (κ3) is 2.89. The lowest BCUT2D eigenvalue weighted by Crippen LogP contribution is -2.13. The number of carbonyl (C=O) groups excluding carboxylic acids is 1. The van der Waals surface area contributed by atoms with Crippen molar-refractivity contribution in [2.75, 3.05) is 11.1 Å². The Morgan fingerprint density at radius 2 is 1.90 bits per heavy atom. The fourth-order valence-corrected chi connectivity index (χ4v) is 1.88. The summed E-state index contributed by atoms with van der Waals surface area (Å²) < 4.78 is 0. The standard InChI is InChI=1S/C15H13N5O/c16-11-3-6-13(18-7-11)15(21)20-12-4-1-10(2-5-12)14-8-17-9-19-14/h1-9H,16H2,(H,17,19)(H,20,21). The molecule has 0 aliphatic rings. The van der Waals surface area contributed by atoms with E-state index in [2.05, 4.69) is 20.3 Å². The second-order valence-corrected chi connectivity index (χ2v) is 4.47. The number of benzene rings is 1. The average Bonchev–Trinajstić information content (AvgIpc) is 3.03. The summed E-state index contributed by atoms with van der Waals surface area (Å²) in [6, 6.07) is 10.7. The molecule has 3 aromatic rings. The molecule has 4 N–H and O–H groups in total. The van der Waals surface area contributed by atoms with E-state index in [1.54, 1.807) is 24.7 Å². The Morgan fingerprint density at radius 3 is 2.52 bits per heavy atom. The first-order chi connectivity index (χ1) is 10.2. The molecule has 2 heterocycles. The Labute approximate surface area is 121 Å². The van der Waals surface area contributed by atoms with Crippen LogP contribution in [0.4, 0.5) is 11.4 Å². The molecular formula is C15H13N5O. The monoisotopic (exact) mass is 279 g/mol. The summed E-state index contributed by atoms with van der Waals surface area (Å²) in [6.45, 7) is 0. The van der Waals surface area contributed by atoms with Crippen molar-refractivity contribution < 1.29 is 4.79 Å². The molecule has 6 heteroatoms. The fourth-order valence-electron chi connectivity index (χ4n) is 1.88. The van der Waals surface area contributed by atoms with Crippen LogP contribution >= 0.6 is 0 Å². The maximum atomic E-state index is 12.0. The fraction of sp³-hybridized carbons (Fsp3) is 0. The first-order valence-corrected chi connectivity index (χ1v) is 6.34. The maximum absolute atomic E-state index is 12.0. The molecular weight excluding hydrogens is 266 g/mol. The minimum atomic E-state index is -0.274.